The van der Waals surface area contributed by atoms with Gasteiger partial charge in [-0.15, -0.1) is 0 Å². The molecule has 4 aliphatic rings. The second-order valence-corrected chi connectivity index (χ2v) is 13.4. The maximum Gasteiger partial charge on any atom is 0.241 e. The van der Waals surface area contributed by atoms with Crippen molar-refractivity contribution in [3.63, 3.8) is 0 Å². The van der Waals surface area contributed by atoms with E-state index in [4.69, 9.17) is 0 Å². The van der Waals surface area contributed by atoms with Crippen molar-refractivity contribution in [1.29, 1.82) is 0 Å². The number of hydrogen-bond donors (Lipinski definition) is 1. The molecular formula is C35H34N2O5. The Balaban J connectivity index is 1.47. The molecule has 42 heavy (non-hydrogen) atoms. The second kappa shape index (κ2) is 8.87. The van der Waals surface area contributed by atoms with Gasteiger partial charge in [-0.25, -0.2) is 4.90 Å². The number of aromatic hydroxyl groups is 1. The summed E-state index contributed by atoms with van der Waals surface area (Å²) in [5.74, 6) is -3.89. The molecule has 2 saturated heterocycles. The Kier molecular flexibility index (Phi) is 5.62. The first-order valence-corrected chi connectivity index (χ1v) is 14.7. The molecule has 0 aromatic heterocycles. The number of amides is 4. The van der Waals surface area contributed by atoms with E-state index in [1.165, 1.54) is 9.80 Å². The van der Waals surface area contributed by atoms with Crippen LogP contribution in [0.2, 0.25) is 0 Å². The number of rotatable bonds is 2. The molecule has 7 nitrogen and oxygen atoms in total. The van der Waals surface area contributed by atoms with Crippen LogP contribution in [0.3, 0.4) is 0 Å². The van der Waals surface area contributed by atoms with E-state index in [1.807, 2.05) is 70.2 Å². The Morgan fingerprint density at radius 3 is 2.24 bits per heavy atom. The van der Waals surface area contributed by atoms with E-state index in [9.17, 15) is 24.3 Å². The van der Waals surface area contributed by atoms with Crippen LogP contribution in [0.4, 0.5) is 5.69 Å². The molecule has 3 fully saturated rings. The summed E-state index contributed by atoms with van der Waals surface area (Å²) < 4.78 is 0. The monoisotopic (exact) mass is 562 g/mol. The first kappa shape index (κ1) is 26.6. The lowest BCUT2D eigenvalue weighted by atomic mass is 9.51. The summed E-state index contributed by atoms with van der Waals surface area (Å²) >= 11 is 0. The van der Waals surface area contributed by atoms with Gasteiger partial charge in [-0.1, -0.05) is 60.2 Å². The molecule has 0 radical (unpaired) electrons. The van der Waals surface area contributed by atoms with Gasteiger partial charge >= 0.3 is 0 Å². The summed E-state index contributed by atoms with van der Waals surface area (Å²) in [5, 5.41) is 13.2. The highest BCUT2D eigenvalue weighted by Crippen LogP contribution is 2.65. The number of likely N-dealkylation sites (tertiary alicyclic amines) is 1. The first-order valence-electron chi connectivity index (χ1n) is 14.7. The predicted molar refractivity (Wildman–Crippen MR) is 158 cm³/mol. The molecule has 0 bridgehead atoms. The number of benzene rings is 3. The van der Waals surface area contributed by atoms with Crippen LogP contribution in [-0.4, -0.2) is 39.2 Å². The van der Waals surface area contributed by atoms with Gasteiger partial charge in [-0.05, 0) is 75.4 Å². The lowest BCUT2D eigenvalue weighted by molar-refractivity contribution is -0.145. The van der Waals surface area contributed by atoms with Gasteiger partial charge in [0.25, 0.3) is 0 Å². The van der Waals surface area contributed by atoms with Crippen molar-refractivity contribution < 1.29 is 24.3 Å². The zero-order valence-electron chi connectivity index (χ0n) is 24.2. The lowest BCUT2D eigenvalue weighted by Crippen LogP contribution is -2.49. The van der Waals surface area contributed by atoms with Gasteiger partial charge in [0.15, 0.2) is 0 Å². The Labute approximate surface area is 244 Å². The SMILES string of the molecule is CC(C)(C)N1C(=O)[C@H]2[C@H](CC=C3[C@H]2C[C@H]2C(=O)N(c4ccccc4)C(=O)[C@@]2(C)[C@H]3c2c(O)ccc3ccccc23)C1=O. The smallest absolute Gasteiger partial charge is 0.241 e. The van der Waals surface area contributed by atoms with E-state index >= 15 is 0 Å². The van der Waals surface area contributed by atoms with Crippen molar-refractivity contribution in [2.45, 2.75) is 52.0 Å². The number of hydrogen-bond acceptors (Lipinski definition) is 5. The van der Waals surface area contributed by atoms with Gasteiger partial charge < -0.3 is 5.11 Å². The van der Waals surface area contributed by atoms with Gasteiger partial charge in [-0.2, -0.15) is 0 Å². The van der Waals surface area contributed by atoms with Crippen LogP contribution in [0.5, 0.6) is 5.75 Å². The number of imide groups is 2. The fourth-order valence-electron chi connectivity index (χ4n) is 8.40. The Bertz CT molecular complexity index is 1720. The largest absolute Gasteiger partial charge is 0.508 e. The maximum absolute atomic E-state index is 14.6. The minimum absolute atomic E-state index is 0.0471. The van der Waals surface area contributed by atoms with E-state index < -0.39 is 40.5 Å². The van der Waals surface area contributed by atoms with E-state index in [-0.39, 0.29) is 35.8 Å². The first-order chi connectivity index (χ1) is 20.0. The quantitative estimate of drug-likeness (QED) is 0.325. The molecule has 4 amide bonds. The third-order valence-corrected chi connectivity index (χ3v) is 10.2. The standard InChI is InChI=1S/C35H34N2O5/c1-34(2,3)37-30(39)23-16-15-22-24(27(23)32(37)41)18-25-31(40)36(20-11-6-5-7-12-20)33(42)35(25,4)29(22)28-21-13-9-8-10-19(21)14-17-26(28)38/h5-15,17,23-25,27,29,38H,16,18H2,1-4H3/t23-,24+,25-,27-,29+,35+/m0/s1. The van der Waals surface area contributed by atoms with Crippen LogP contribution in [0.1, 0.15) is 52.0 Å². The molecule has 0 spiro atoms. The summed E-state index contributed by atoms with van der Waals surface area (Å²) in [6.07, 6.45) is 2.69. The average molecular weight is 563 g/mol. The van der Waals surface area contributed by atoms with Gasteiger partial charge in [0.1, 0.15) is 5.75 Å². The van der Waals surface area contributed by atoms with Gasteiger partial charge in [-0.3, -0.25) is 24.1 Å². The molecule has 7 heteroatoms. The van der Waals surface area contributed by atoms with E-state index in [1.54, 1.807) is 30.3 Å². The number of nitrogens with zero attached hydrogens (tertiary/aromatic N) is 2. The highest BCUT2D eigenvalue weighted by molar-refractivity contribution is 6.24. The number of carbonyl (C=O) groups excluding carboxylic acids is 4. The van der Waals surface area contributed by atoms with Crippen LogP contribution in [-0.2, 0) is 19.2 Å². The summed E-state index contributed by atoms with van der Waals surface area (Å²) in [5.41, 5.74) is 0.0832. The molecule has 2 aliphatic carbocycles. The van der Waals surface area contributed by atoms with Gasteiger partial charge in [0.2, 0.25) is 23.6 Å². The molecule has 3 aromatic carbocycles. The van der Waals surface area contributed by atoms with Crippen LogP contribution in [0.15, 0.2) is 78.4 Å². The Morgan fingerprint density at radius 1 is 0.833 bits per heavy atom. The minimum Gasteiger partial charge on any atom is -0.508 e. The molecular weight excluding hydrogens is 528 g/mol. The number of phenols is 1. The summed E-state index contributed by atoms with van der Waals surface area (Å²) in [6.45, 7) is 7.43. The lowest BCUT2D eigenvalue weighted by Gasteiger charge is -2.49. The highest BCUT2D eigenvalue weighted by atomic mass is 16.3. The molecule has 2 heterocycles. The van der Waals surface area contributed by atoms with Crippen LogP contribution < -0.4 is 4.90 Å². The normalized spacial score (nSPS) is 30.9. The highest BCUT2D eigenvalue weighted by Gasteiger charge is 2.68. The number of allylic oxidation sites excluding steroid dienone is 2. The van der Waals surface area contributed by atoms with Crippen LogP contribution >= 0.6 is 0 Å². The molecule has 3 aromatic rings. The van der Waals surface area contributed by atoms with E-state index in [0.717, 1.165) is 16.3 Å². The van der Waals surface area contributed by atoms with Crippen LogP contribution in [0.25, 0.3) is 10.8 Å². The fraction of sp³-hybridized carbons (Fsp3) is 0.371. The Hall–Kier alpha value is -4.26. The topological polar surface area (TPSA) is 95.0 Å². The Morgan fingerprint density at radius 2 is 1.52 bits per heavy atom. The second-order valence-electron chi connectivity index (χ2n) is 13.4. The summed E-state index contributed by atoms with van der Waals surface area (Å²) in [4.78, 5) is 59.2. The van der Waals surface area contributed by atoms with E-state index in [2.05, 4.69) is 0 Å². The van der Waals surface area contributed by atoms with Crippen molar-refractivity contribution >= 4 is 40.1 Å². The molecule has 6 atom stereocenters. The number of anilines is 1. The van der Waals surface area contributed by atoms with Gasteiger partial charge in [0, 0.05) is 17.0 Å². The summed E-state index contributed by atoms with van der Waals surface area (Å²) in [7, 11) is 0. The van der Waals surface area contributed by atoms with Crippen molar-refractivity contribution in [2.75, 3.05) is 4.90 Å². The molecule has 214 valence electrons. The number of phenolic OH excluding ortho intramolecular Hbond substituents is 1. The van der Waals surface area contributed by atoms with Crippen molar-refractivity contribution in [2.24, 2.45) is 29.1 Å². The minimum atomic E-state index is -1.21. The molecule has 7 rings (SSSR count). The molecule has 1 N–H and O–H groups in total. The zero-order chi connectivity index (χ0) is 29.7. The third-order valence-electron chi connectivity index (χ3n) is 10.2. The molecule has 2 aliphatic heterocycles. The van der Waals surface area contributed by atoms with Crippen molar-refractivity contribution in [1.82, 2.24) is 4.90 Å². The van der Waals surface area contributed by atoms with Crippen LogP contribution in [0, 0.1) is 29.1 Å². The zero-order valence-corrected chi connectivity index (χ0v) is 24.2. The number of fused-ring (bicyclic) bond motifs is 5. The maximum atomic E-state index is 14.6. The predicted octanol–water partition coefficient (Wildman–Crippen LogP) is 5.57. The number of para-hydroxylation sites is 1. The van der Waals surface area contributed by atoms with E-state index in [0.29, 0.717) is 17.7 Å². The molecule has 0 unspecified atom stereocenters. The van der Waals surface area contributed by atoms with Gasteiger partial charge in [0.05, 0.1) is 28.9 Å². The molecule has 1 saturated carbocycles. The summed E-state index contributed by atoms with van der Waals surface area (Å²) in [6, 6.07) is 20.1. The van der Waals surface area contributed by atoms with Crippen molar-refractivity contribution in [3.05, 3.63) is 83.9 Å². The average Bonchev–Trinajstić information content (AvgIpc) is 3.34. The fourth-order valence-corrected chi connectivity index (χ4v) is 8.40. The van der Waals surface area contributed by atoms with Crippen molar-refractivity contribution in [3.8, 4) is 5.75 Å². The third kappa shape index (κ3) is 3.39. The number of carbonyl (C=O) groups is 4.